The summed E-state index contributed by atoms with van der Waals surface area (Å²) in [5.74, 6) is 0.497. The van der Waals surface area contributed by atoms with E-state index in [1.807, 2.05) is 24.3 Å². The van der Waals surface area contributed by atoms with Crippen LogP contribution < -0.4 is 0 Å². The molecule has 22 heavy (non-hydrogen) atoms. The van der Waals surface area contributed by atoms with E-state index in [0.717, 1.165) is 24.8 Å². The van der Waals surface area contributed by atoms with Gasteiger partial charge >= 0.3 is 0 Å². The van der Waals surface area contributed by atoms with Gasteiger partial charge in [0, 0.05) is 31.7 Å². The summed E-state index contributed by atoms with van der Waals surface area (Å²) in [6.45, 7) is 0.581. The number of likely N-dealkylation sites (N-methyl/N-ethyl adjacent to an activating group) is 1. The summed E-state index contributed by atoms with van der Waals surface area (Å²) >= 11 is 0. The molecular formula is C17H20N2O3. The van der Waals surface area contributed by atoms with Gasteiger partial charge in [0.2, 0.25) is 11.8 Å². The van der Waals surface area contributed by atoms with Gasteiger partial charge < -0.3 is 14.4 Å². The van der Waals surface area contributed by atoms with Crippen LogP contribution in [0.4, 0.5) is 0 Å². The van der Waals surface area contributed by atoms with Crippen molar-refractivity contribution in [3.63, 3.8) is 0 Å². The Bertz CT molecular complexity index is 659. The minimum Gasteiger partial charge on any atom is -0.437 e. The largest absolute Gasteiger partial charge is 0.437 e. The second-order valence-electron chi connectivity index (χ2n) is 5.83. The fraction of sp³-hybridized carbons (Fsp3) is 0.412. The number of rotatable bonds is 4. The maximum absolute atomic E-state index is 12.1. The molecule has 1 N–H and O–H groups in total. The highest BCUT2D eigenvalue weighted by Gasteiger charge is 2.26. The lowest BCUT2D eigenvalue weighted by atomic mass is 10.1. The number of para-hydroxylation sites is 2. The van der Waals surface area contributed by atoms with Gasteiger partial charge in [0.05, 0.1) is 6.10 Å². The molecule has 2 aromatic rings. The lowest BCUT2D eigenvalue weighted by Gasteiger charge is -2.22. The zero-order valence-corrected chi connectivity index (χ0v) is 12.6. The summed E-state index contributed by atoms with van der Waals surface area (Å²) in [6, 6.07) is 7.48. The number of aliphatic hydroxyl groups is 1. The molecule has 2 atom stereocenters. The molecule has 0 bridgehead atoms. The van der Waals surface area contributed by atoms with Crippen molar-refractivity contribution in [3.05, 3.63) is 36.2 Å². The van der Waals surface area contributed by atoms with Crippen molar-refractivity contribution in [2.75, 3.05) is 13.6 Å². The van der Waals surface area contributed by atoms with Crippen LogP contribution in [0.2, 0.25) is 0 Å². The minimum atomic E-state index is -0.281. The van der Waals surface area contributed by atoms with Crippen LogP contribution in [0.1, 0.15) is 25.2 Å². The Hall–Kier alpha value is -2.14. The molecule has 1 fully saturated rings. The van der Waals surface area contributed by atoms with Crippen molar-refractivity contribution in [1.29, 1.82) is 0 Å². The molecule has 0 radical (unpaired) electrons. The molecule has 1 aromatic carbocycles. The van der Waals surface area contributed by atoms with E-state index in [1.54, 1.807) is 18.0 Å². The van der Waals surface area contributed by atoms with Crippen LogP contribution in [-0.4, -0.2) is 40.6 Å². The second kappa shape index (κ2) is 6.32. The fourth-order valence-electron chi connectivity index (χ4n) is 2.90. The van der Waals surface area contributed by atoms with E-state index in [1.165, 1.54) is 6.08 Å². The Balaban J connectivity index is 1.62. The molecule has 1 saturated carbocycles. The van der Waals surface area contributed by atoms with Crippen molar-refractivity contribution in [2.24, 2.45) is 5.92 Å². The predicted molar refractivity (Wildman–Crippen MR) is 84.0 cm³/mol. The molecule has 3 rings (SSSR count). The first-order chi connectivity index (χ1) is 10.6. The SMILES string of the molecule is CN(CC1CCCC1O)C(=O)/C=C/c1nc2ccccc2o1. The van der Waals surface area contributed by atoms with Crippen LogP contribution in [-0.2, 0) is 4.79 Å². The first-order valence-corrected chi connectivity index (χ1v) is 7.60. The smallest absolute Gasteiger partial charge is 0.246 e. The molecule has 1 amide bonds. The van der Waals surface area contributed by atoms with Crippen molar-refractivity contribution >= 4 is 23.1 Å². The fourth-order valence-corrected chi connectivity index (χ4v) is 2.90. The van der Waals surface area contributed by atoms with Gasteiger partial charge in [-0.1, -0.05) is 18.6 Å². The lowest BCUT2D eigenvalue weighted by molar-refractivity contribution is -0.125. The first-order valence-electron chi connectivity index (χ1n) is 7.60. The van der Waals surface area contributed by atoms with E-state index in [0.29, 0.717) is 18.0 Å². The normalized spacial score (nSPS) is 21.7. The summed E-state index contributed by atoms with van der Waals surface area (Å²) in [7, 11) is 1.75. The summed E-state index contributed by atoms with van der Waals surface area (Å²) in [4.78, 5) is 18.0. The third-order valence-corrected chi connectivity index (χ3v) is 4.18. The van der Waals surface area contributed by atoms with E-state index in [9.17, 15) is 9.90 Å². The Morgan fingerprint density at radius 3 is 3.00 bits per heavy atom. The zero-order valence-electron chi connectivity index (χ0n) is 12.6. The highest BCUT2D eigenvalue weighted by atomic mass is 16.3. The van der Waals surface area contributed by atoms with Gasteiger partial charge in [-0.15, -0.1) is 0 Å². The number of benzene rings is 1. The number of aromatic nitrogens is 1. The van der Waals surface area contributed by atoms with E-state index in [2.05, 4.69) is 4.98 Å². The lowest BCUT2D eigenvalue weighted by Crippen LogP contribution is -2.33. The third kappa shape index (κ3) is 3.20. The Kier molecular flexibility index (Phi) is 4.24. The number of amides is 1. The molecule has 0 spiro atoms. The number of hydrogen-bond acceptors (Lipinski definition) is 4. The number of fused-ring (bicyclic) bond motifs is 1. The molecule has 1 heterocycles. The molecule has 0 aliphatic heterocycles. The summed E-state index contributed by atoms with van der Waals surface area (Å²) in [6.07, 6.45) is 5.62. The molecule has 1 aromatic heterocycles. The van der Waals surface area contributed by atoms with Gasteiger partial charge in [0.15, 0.2) is 5.58 Å². The third-order valence-electron chi connectivity index (χ3n) is 4.18. The average Bonchev–Trinajstić information content (AvgIpc) is 3.10. The zero-order chi connectivity index (χ0) is 15.5. The number of hydrogen-bond donors (Lipinski definition) is 1. The molecule has 5 nitrogen and oxygen atoms in total. The quantitative estimate of drug-likeness (QED) is 0.881. The monoisotopic (exact) mass is 300 g/mol. The maximum Gasteiger partial charge on any atom is 0.246 e. The summed E-state index contributed by atoms with van der Waals surface area (Å²) in [5.41, 5.74) is 1.48. The molecule has 5 heteroatoms. The van der Waals surface area contributed by atoms with Gasteiger partial charge in [0.1, 0.15) is 5.52 Å². The second-order valence-corrected chi connectivity index (χ2v) is 5.83. The molecular weight excluding hydrogens is 280 g/mol. The van der Waals surface area contributed by atoms with Gasteiger partial charge in [-0.2, -0.15) is 0 Å². The predicted octanol–water partition coefficient (Wildman–Crippen LogP) is 2.46. The van der Waals surface area contributed by atoms with Gasteiger partial charge in [0.25, 0.3) is 0 Å². The number of carbonyl (C=O) groups is 1. The van der Waals surface area contributed by atoms with Gasteiger partial charge in [-0.05, 0) is 25.0 Å². The topological polar surface area (TPSA) is 66.6 Å². The van der Waals surface area contributed by atoms with E-state index < -0.39 is 0 Å². The van der Waals surface area contributed by atoms with Crippen LogP contribution in [0.5, 0.6) is 0 Å². The standard InChI is InChI=1S/C17H20N2O3/c1-19(11-12-5-4-7-14(12)20)17(21)10-9-16-18-13-6-2-3-8-15(13)22-16/h2-3,6,8-10,12,14,20H,4-5,7,11H2,1H3/b10-9+. The Morgan fingerprint density at radius 2 is 2.27 bits per heavy atom. The van der Waals surface area contributed by atoms with Gasteiger partial charge in [-0.3, -0.25) is 4.79 Å². The number of carbonyl (C=O) groups excluding carboxylic acids is 1. The van der Waals surface area contributed by atoms with Crippen LogP contribution in [0.3, 0.4) is 0 Å². The van der Waals surface area contributed by atoms with Crippen LogP contribution in [0, 0.1) is 5.92 Å². The van der Waals surface area contributed by atoms with Crippen molar-refractivity contribution < 1.29 is 14.3 Å². The van der Waals surface area contributed by atoms with Gasteiger partial charge in [-0.25, -0.2) is 4.98 Å². The molecule has 116 valence electrons. The number of aliphatic hydroxyl groups excluding tert-OH is 1. The number of nitrogens with zero attached hydrogens (tertiary/aromatic N) is 2. The van der Waals surface area contributed by atoms with Crippen molar-refractivity contribution in [3.8, 4) is 0 Å². The van der Waals surface area contributed by atoms with Crippen LogP contribution in [0.15, 0.2) is 34.8 Å². The maximum atomic E-state index is 12.1. The number of oxazole rings is 1. The van der Waals surface area contributed by atoms with E-state index >= 15 is 0 Å². The van der Waals surface area contributed by atoms with E-state index in [-0.39, 0.29) is 17.9 Å². The molecule has 2 unspecified atom stereocenters. The minimum absolute atomic E-state index is 0.110. The Labute approximate surface area is 129 Å². The van der Waals surface area contributed by atoms with Crippen LogP contribution in [0.25, 0.3) is 17.2 Å². The molecule has 0 saturated heterocycles. The molecule has 1 aliphatic rings. The Morgan fingerprint density at radius 1 is 1.45 bits per heavy atom. The first kappa shape index (κ1) is 14.8. The highest BCUT2D eigenvalue weighted by Crippen LogP contribution is 2.26. The summed E-state index contributed by atoms with van der Waals surface area (Å²) in [5, 5.41) is 9.83. The van der Waals surface area contributed by atoms with E-state index in [4.69, 9.17) is 4.42 Å². The van der Waals surface area contributed by atoms with Crippen molar-refractivity contribution in [2.45, 2.75) is 25.4 Å². The van der Waals surface area contributed by atoms with Crippen molar-refractivity contribution in [1.82, 2.24) is 9.88 Å². The molecule has 1 aliphatic carbocycles. The summed E-state index contributed by atoms with van der Waals surface area (Å²) < 4.78 is 5.54. The average molecular weight is 300 g/mol. The highest BCUT2D eigenvalue weighted by molar-refractivity contribution is 5.91. The van der Waals surface area contributed by atoms with Crippen LogP contribution >= 0.6 is 0 Å².